The van der Waals surface area contributed by atoms with Crippen molar-refractivity contribution in [3.8, 4) is 0 Å². The molecule has 0 aliphatic rings. The lowest BCUT2D eigenvalue weighted by molar-refractivity contribution is -0.118. The molecule has 2 amide bonds. The molecule has 0 fully saturated rings. The zero-order chi connectivity index (χ0) is 11.3. The molecule has 0 bridgehead atoms. The number of carbonyl (C=O) groups is 2. The Bertz CT molecular complexity index is 354. The molecule has 1 rings (SSSR count). The van der Waals surface area contributed by atoms with Crippen LogP contribution in [0.4, 0.5) is 0 Å². The van der Waals surface area contributed by atoms with Crippen LogP contribution >= 0.6 is 0 Å². The smallest absolute Gasteiger partial charge is 0.257 e. The van der Waals surface area contributed by atoms with Gasteiger partial charge in [0.15, 0.2) is 0 Å². The first-order valence-corrected chi connectivity index (χ1v) is 5.04. The second-order valence-corrected chi connectivity index (χ2v) is 3.46. The third-order valence-electron chi connectivity index (χ3n) is 2.04. The number of imide groups is 1. The van der Waals surface area contributed by atoms with Crippen LogP contribution in [-0.4, -0.2) is 11.8 Å². The lowest BCUT2D eigenvalue weighted by Gasteiger charge is -2.02. The van der Waals surface area contributed by atoms with Crippen molar-refractivity contribution >= 4 is 11.8 Å². The van der Waals surface area contributed by atoms with E-state index in [0.717, 1.165) is 12.8 Å². The fraction of sp³-hybridized carbons (Fsp3) is 0.333. The van der Waals surface area contributed by atoms with Crippen LogP contribution in [-0.2, 0) is 11.2 Å². The zero-order valence-electron chi connectivity index (χ0n) is 9.04. The predicted molar refractivity (Wildman–Crippen MR) is 58.6 cm³/mol. The maximum Gasteiger partial charge on any atom is 0.257 e. The molecule has 3 nitrogen and oxygen atoms in total. The first kappa shape index (κ1) is 11.4. The molecule has 0 heterocycles. The molecule has 1 N–H and O–H groups in total. The highest BCUT2D eigenvalue weighted by Gasteiger charge is 2.06. The Kier molecular flexibility index (Phi) is 4.03. The Labute approximate surface area is 89.5 Å². The fourth-order valence-electron chi connectivity index (χ4n) is 1.34. The highest BCUT2D eigenvalue weighted by Crippen LogP contribution is 2.06. The van der Waals surface area contributed by atoms with E-state index in [4.69, 9.17) is 0 Å². The van der Waals surface area contributed by atoms with Crippen molar-refractivity contribution < 1.29 is 9.59 Å². The van der Waals surface area contributed by atoms with Gasteiger partial charge in [0.2, 0.25) is 5.91 Å². The molecule has 0 atom stereocenters. The van der Waals surface area contributed by atoms with Gasteiger partial charge in [0.25, 0.3) is 5.91 Å². The van der Waals surface area contributed by atoms with Crippen LogP contribution in [0.3, 0.4) is 0 Å². The summed E-state index contributed by atoms with van der Waals surface area (Å²) in [6.07, 6.45) is 2.09. The van der Waals surface area contributed by atoms with Crippen LogP contribution in [0.1, 0.15) is 36.2 Å². The lowest BCUT2D eigenvalue weighted by Crippen LogP contribution is -2.27. The summed E-state index contributed by atoms with van der Waals surface area (Å²) in [7, 11) is 0. The number of hydrogen-bond acceptors (Lipinski definition) is 2. The molecule has 0 saturated heterocycles. The normalized spacial score (nSPS) is 9.73. The van der Waals surface area contributed by atoms with E-state index in [1.165, 1.54) is 12.5 Å². The molecule has 0 aliphatic heterocycles. The van der Waals surface area contributed by atoms with Crippen molar-refractivity contribution in [1.29, 1.82) is 0 Å². The van der Waals surface area contributed by atoms with Crippen LogP contribution in [0.5, 0.6) is 0 Å². The molecule has 0 unspecified atom stereocenters. The van der Waals surface area contributed by atoms with Gasteiger partial charge in [-0.1, -0.05) is 25.5 Å². The average molecular weight is 205 g/mol. The minimum atomic E-state index is -0.342. The van der Waals surface area contributed by atoms with E-state index in [1.807, 2.05) is 12.1 Å². The van der Waals surface area contributed by atoms with Crippen molar-refractivity contribution in [2.75, 3.05) is 0 Å². The first-order chi connectivity index (χ1) is 7.13. The summed E-state index contributed by atoms with van der Waals surface area (Å²) in [5, 5.41) is 2.23. The second kappa shape index (κ2) is 5.29. The molecular weight excluding hydrogens is 190 g/mol. The van der Waals surface area contributed by atoms with Gasteiger partial charge < -0.3 is 0 Å². The maximum absolute atomic E-state index is 11.4. The van der Waals surface area contributed by atoms with E-state index in [0.29, 0.717) is 5.56 Å². The van der Waals surface area contributed by atoms with E-state index in [2.05, 4.69) is 12.2 Å². The van der Waals surface area contributed by atoms with Gasteiger partial charge in [0.05, 0.1) is 0 Å². The molecule has 80 valence electrons. The van der Waals surface area contributed by atoms with Gasteiger partial charge in [-0.05, 0) is 24.1 Å². The number of carbonyl (C=O) groups excluding carboxylic acids is 2. The zero-order valence-corrected chi connectivity index (χ0v) is 9.04. The summed E-state index contributed by atoms with van der Waals surface area (Å²) in [6.45, 7) is 3.43. The highest BCUT2D eigenvalue weighted by atomic mass is 16.2. The summed E-state index contributed by atoms with van der Waals surface area (Å²) in [6, 6.07) is 7.31. The van der Waals surface area contributed by atoms with Gasteiger partial charge in [-0.25, -0.2) is 0 Å². The van der Waals surface area contributed by atoms with Gasteiger partial charge in [0, 0.05) is 12.5 Å². The minimum Gasteiger partial charge on any atom is -0.293 e. The molecule has 0 spiro atoms. The first-order valence-electron chi connectivity index (χ1n) is 5.04. The van der Waals surface area contributed by atoms with Gasteiger partial charge in [-0.3, -0.25) is 14.9 Å². The van der Waals surface area contributed by atoms with E-state index in [9.17, 15) is 9.59 Å². The quantitative estimate of drug-likeness (QED) is 0.819. The van der Waals surface area contributed by atoms with Crippen molar-refractivity contribution in [3.05, 3.63) is 35.4 Å². The van der Waals surface area contributed by atoms with Crippen LogP contribution in [0.2, 0.25) is 0 Å². The lowest BCUT2D eigenvalue weighted by atomic mass is 10.1. The molecule has 15 heavy (non-hydrogen) atoms. The number of benzene rings is 1. The maximum atomic E-state index is 11.4. The Hall–Kier alpha value is -1.64. The Balaban J connectivity index is 2.71. The molecular formula is C12H15NO2. The Morgan fingerprint density at radius 1 is 1.20 bits per heavy atom. The van der Waals surface area contributed by atoms with Crippen molar-refractivity contribution in [1.82, 2.24) is 5.32 Å². The number of rotatable bonds is 3. The molecule has 1 aromatic rings. The second-order valence-electron chi connectivity index (χ2n) is 3.46. The third kappa shape index (κ3) is 3.54. The van der Waals surface area contributed by atoms with Crippen molar-refractivity contribution in [2.24, 2.45) is 0 Å². The van der Waals surface area contributed by atoms with Crippen LogP contribution in [0.15, 0.2) is 24.3 Å². The summed E-state index contributed by atoms with van der Waals surface area (Å²) in [4.78, 5) is 22.1. The summed E-state index contributed by atoms with van der Waals surface area (Å²) in [5.41, 5.74) is 1.72. The van der Waals surface area contributed by atoms with Crippen LogP contribution in [0, 0.1) is 0 Å². The van der Waals surface area contributed by atoms with Gasteiger partial charge in [-0.15, -0.1) is 0 Å². The van der Waals surface area contributed by atoms with Gasteiger partial charge in [-0.2, -0.15) is 0 Å². The third-order valence-corrected chi connectivity index (χ3v) is 2.04. The number of amides is 2. The Morgan fingerprint density at radius 3 is 2.27 bits per heavy atom. The number of hydrogen-bond donors (Lipinski definition) is 1. The average Bonchev–Trinajstić information content (AvgIpc) is 2.18. The summed E-state index contributed by atoms with van der Waals surface area (Å²) >= 11 is 0. The SMILES string of the molecule is CCCc1ccc(C(=O)NC(C)=O)cc1. The largest absolute Gasteiger partial charge is 0.293 e. The molecule has 0 aromatic heterocycles. The molecule has 3 heteroatoms. The summed E-state index contributed by atoms with van der Waals surface area (Å²) < 4.78 is 0. The highest BCUT2D eigenvalue weighted by molar-refractivity contribution is 6.04. The predicted octanol–water partition coefficient (Wildman–Crippen LogP) is 1.92. The standard InChI is InChI=1S/C12H15NO2/c1-3-4-10-5-7-11(8-6-10)12(15)13-9(2)14/h5-8H,3-4H2,1-2H3,(H,13,14,15). The van der Waals surface area contributed by atoms with E-state index >= 15 is 0 Å². The van der Waals surface area contributed by atoms with E-state index in [-0.39, 0.29) is 11.8 Å². The van der Waals surface area contributed by atoms with Crippen molar-refractivity contribution in [2.45, 2.75) is 26.7 Å². The topological polar surface area (TPSA) is 46.2 Å². The Morgan fingerprint density at radius 2 is 1.80 bits per heavy atom. The van der Waals surface area contributed by atoms with Gasteiger partial charge >= 0.3 is 0 Å². The number of aryl methyl sites for hydroxylation is 1. The van der Waals surface area contributed by atoms with Crippen molar-refractivity contribution in [3.63, 3.8) is 0 Å². The monoisotopic (exact) mass is 205 g/mol. The van der Waals surface area contributed by atoms with E-state index < -0.39 is 0 Å². The van der Waals surface area contributed by atoms with Crippen LogP contribution in [0.25, 0.3) is 0 Å². The number of nitrogens with one attached hydrogen (secondary N) is 1. The molecule has 0 saturated carbocycles. The fourth-order valence-corrected chi connectivity index (χ4v) is 1.34. The molecule has 0 radical (unpaired) electrons. The van der Waals surface area contributed by atoms with Gasteiger partial charge in [0.1, 0.15) is 0 Å². The molecule has 1 aromatic carbocycles. The van der Waals surface area contributed by atoms with Crippen LogP contribution < -0.4 is 5.32 Å². The van der Waals surface area contributed by atoms with E-state index in [1.54, 1.807) is 12.1 Å². The minimum absolute atomic E-state index is 0.336. The molecule has 0 aliphatic carbocycles. The summed E-state index contributed by atoms with van der Waals surface area (Å²) in [5.74, 6) is -0.678.